The molecule has 0 aromatic heterocycles. The molecule has 0 aliphatic rings. The Balaban J connectivity index is 2.34. The molecule has 3 heteroatoms. The summed E-state index contributed by atoms with van der Waals surface area (Å²) in [5, 5.41) is 11.8. The van der Waals surface area contributed by atoms with Gasteiger partial charge in [0.05, 0.1) is 12.5 Å². The third-order valence-electron chi connectivity index (χ3n) is 2.33. The molecule has 0 spiro atoms. The van der Waals surface area contributed by atoms with E-state index < -0.39 is 0 Å². The lowest BCUT2D eigenvalue weighted by atomic mass is 10.1. The Labute approximate surface area is 96.5 Å². The van der Waals surface area contributed by atoms with Crippen LogP contribution >= 0.6 is 0 Å². The molecule has 1 atom stereocenters. The van der Waals surface area contributed by atoms with Crippen molar-refractivity contribution in [3.05, 3.63) is 35.4 Å². The average Bonchev–Trinajstić information content (AvgIpc) is 2.16. The lowest BCUT2D eigenvalue weighted by Crippen LogP contribution is -2.27. The number of hydrogen-bond acceptors (Lipinski definition) is 2. The van der Waals surface area contributed by atoms with Crippen LogP contribution in [0.3, 0.4) is 0 Å². The molecule has 0 saturated carbocycles. The average molecular weight is 221 g/mol. The fourth-order valence-corrected chi connectivity index (χ4v) is 1.49. The number of carbonyl (C=O) groups excluding carboxylic acids is 1. The van der Waals surface area contributed by atoms with E-state index in [9.17, 15) is 4.79 Å². The highest BCUT2D eigenvalue weighted by molar-refractivity contribution is 5.78. The van der Waals surface area contributed by atoms with Gasteiger partial charge in [0.1, 0.15) is 0 Å². The highest BCUT2D eigenvalue weighted by Gasteiger charge is 2.03. The third kappa shape index (κ3) is 4.94. The lowest BCUT2D eigenvalue weighted by Gasteiger charge is -2.07. The fraction of sp³-hybridized carbons (Fsp3) is 0.462. The minimum Gasteiger partial charge on any atom is -0.393 e. The van der Waals surface area contributed by atoms with Crippen molar-refractivity contribution in [2.45, 2.75) is 32.8 Å². The maximum absolute atomic E-state index is 11.5. The zero-order valence-electron chi connectivity index (χ0n) is 9.86. The summed E-state index contributed by atoms with van der Waals surface area (Å²) >= 11 is 0. The maximum Gasteiger partial charge on any atom is 0.224 e. The van der Waals surface area contributed by atoms with Crippen LogP contribution in [-0.4, -0.2) is 23.7 Å². The summed E-state index contributed by atoms with van der Waals surface area (Å²) < 4.78 is 0. The molecule has 0 fully saturated rings. The van der Waals surface area contributed by atoms with E-state index in [2.05, 4.69) is 5.32 Å². The SMILES string of the molecule is Cc1cccc(CC(=O)NCCC(C)O)c1. The van der Waals surface area contributed by atoms with Gasteiger partial charge >= 0.3 is 0 Å². The Hall–Kier alpha value is -1.35. The Kier molecular flexibility index (Phi) is 4.99. The van der Waals surface area contributed by atoms with Gasteiger partial charge in [-0.25, -0.2) is 0 Å². The monoisotopic (exact) mass is 221 g/mol. The van der Waals surface area contributed by atoms with Gasteiger partial charge in [0.2, 0.25) is 5.91 Å². The van der Waals surface area contributed by atoms with E-state index in [0.717, 1.165) is 11.1 Å². The molecule has 1 amide bonds. The van der Waals surface area contributed by atoms with Crippen LogP contribution in [0.15, 0.2) is 24.3 Å². The molecule has 0 bridgehead atoms. The first-order chi connectivity index (χ1) is 7.58. The van der Waals surface area contributed by atoms with E-state index in [1.807, 2.05) is 31.2 Å². The van der Waals surface area contributed by atoms with Gasteiger partial charge in [0, 0.05) is 6.54 Å². The lowest BCUT2D eigenvalue weighted by molar-refractivity contribution is -0.120. The van der Waals surface area contributed by atoms with Crippen molar-refractivity contribution in [2.75, 3.05) is 6.54 Å². The van der Waals surface area contributed by atoms with E-state index in [4.69, 9.17) is 5.11 Å². The smallest absolute Gasteiger partial charge is 0.224 e. The maximum atomic E-state index is 11.5. The second-order valence-corrected chi connectivity index (χ2v) is 4.15. The second kappa shape index (κ2) is 6.28. The number of aliphatic hydroxyl groups excluding tert-OH is 1. The third-order valence-corrected chi connectivity index (χ3v) is 2.33. The first-order valence-corrected chi connectivity index (χ1v) is 5.58. The largest absolute Gasteiger partial charge is 0.393 e. The molecule has 3 nitrogen and oxygen atoms in total. The van der Waals surface area contributed by atoms with Gasteiger partial charge in [-0.05, 0) is 25.8 Å². The first kappa shape index (κ1) is 12.7. The summed E-state index contributed by atoms with van der Waals surface area (Å²) in [5.74, 6) is 0.00579. The van der Waals surface area contributed by atoms with Crippen LogP contribution in [0.4, 0.5) is 0 Å². The van der Waals surface area contributed by atoms with Crippen LogP contribution in [0.5, 0.6) is 0 Å². The molecule has 88 valence electrons. The Morgan fingerprint density at radius 1 is 1.50 bits per heavy atom. The second-order valence-electron chi connectivity index (χ2n) is 4.15. The summed E-state index contributed by atoms with van der Waals surface area (Å²) in [6, 6.07) is 7.91. The molecular formula is C13H19NO2. The molecule has 0 aliphatic carbocycles. The predicted molar refractivity (Wildman–Crippen MR) is 64.2 cm³/mol. The standard InChI is InChI=1S/C13H19NO2/c1-10-4-3-5-12(8-10)9-13(16)14-7-6-11(2)15/h3-5,8,11,15H,6-7,9H2,1-2H3,(H,14,16). The van der Waals surface area contributed by atoms with Crippen LogP contribution in [-0.2, 0) is 11.2 Å². The van der Waals surface area contributed by atoms with E-state index in [1.165, 1.54) is 0 Å². The zero-order valence-corrected chi connectivity index (χ0v) is 9.86. The number of aryl methyl sites for hydroxylation is 1. The van der Waals surface area contributed by atoms with Gasteiger partial charge < -0.3 is 10.4 Å². The Bertz CT molecular complexity index is 348. The van der Waals surface area contributed by atoms with Gasteiger partial charge in [-0.15, -0.1) is 0 Å². The molecular weight excluding hydrogens is 202 g/mol. The predicted octanol–water partition coefficient (Wildman–Crippen LogP) is 1.42. The van der Waals surface area contributed by atoms with Crippen molar-refractivity contribution >= 4 is 5.91 Å². The Morgan fingerprint density at radius 3 is 2.88 bits per heavy atom. The summed E-state index contributed by atoms with van der Waals surface area (Å²) in [6.45, 7) is 4.25. The molecule has 0 aliphatic heterocycles. The summed E-state index contributed by atoms with van der Waals surface area (Å²) in [5.41, 5.74) is 2.18. The van der Waals surface area contributed by atoms with Gasteiger partial charge in [-0.3, -0.25) is 4.79 Å². The summed E-state index contributed by atoms with van der Waals surface area (Å²) in [6.07, 6.45) is 0.639. The van der Waals surface area contributed by atoms with Crippen molar-refractivity contribution in [2.24, 2.45) is 0 Å². The van der Waals surface area contributed by atoms with Crippen molar-refractivity contribution in [3.8, 4) is 0 Å². The van der Waals surface area contributed by atoms with Crippen LogP contribution in [0.25, 0.3) is 0 Å². The van der Waals surface area contributed by atoms with Crippen LogP contribution in [0.2, 0.25) is 0 Å². The number of hydrogen-bond donors (Lipinski definition) is 2. The minimum atomic E-state index is -0.362. The van der Waals surface area contributed by atoms with E-state index >= 15 is 0 Å². The van der Waals surface area contributed by atoms with Gasteiger partial charge in [-0.1, -0.05) is 29.8 Å². The highest BCUT2D eigenvalue weighted by Crippen LogP contribution is 2.04. The number of carbonyl (C=O) groups is 1. The van der Waals surface area contributed by atoms with Crippen LogP contribution in [0, 0.1) is 6.92 Å². The molecule has 0 heterocycles. The zero-order chi connectivity index (χ0) is 12.0. The van der Waals surface area contributed by atoms with E-state index in [0.29, 0.717) is 19.4 Å². The van der Waals surface area contributed by atoms with E-state index in [1.54, 1.807) is 6.92 Å². The molecule has 0 radical (unpaired) electrons. The van der Waals surface area contributed by atoms with Crippen LogP contribution in [0.1, 0.15) is 24.5 Å². The van der Waals surface area contributed by atoms with Gasteiger partial charge in [-0.2, -0.15) is 0 Å². The number of amides is 1. The van der Waals surface area contributed by atoms with Crippen molar-refractivity contribution in [3.63, 3.8) is 0 Å². The summed E-state index contributed by atoms with van der Waals surface area (Å²) in [7, 11) is 0. The quantitative estimate of drug-likeness (QED) is 0.790. The van der Waals surface area contributed by atoms with Gasteiger partial charge in [0.25, 0.3) is 0 Å². The normalized spacial score (nSPS) is 12.2. The highest BCUT2D eigenvalue weighted by atomic mass is 16.3. The van der Waals surface area contributed by atoms with Crippen LogP contribution < -0.4 is 5.32 Å². The fourth-order valence-electron chi connectivity index (χ4n) is 1.49. The van der Waals surface area contributed by atoms with E-state index in [-0.39, 0.29) is 12.0 Å². The van der Waals surface area contributed by atoms with Crippen molar-refractivity contribution in [1.29, 1.82) is 0 Å². The summed E-state index contributed by atoms with van der Waals surface area (Å²) in [4.78, 5) is 11.5. The van der Waals surface area contributed by atoms with Crippen molar-refractivity contribution in [1.82, 2.24) is 5.32 Å². The number of nitrogens with one attached hydrogen (secondary N) is 1. The first-order valence-electron chi connectivity index (χ1n) is 5.58. The number of aliphatic hydroxyl groups is 1. The Morgan fingerprint density at radius 2 is 2.25 bits per heavy atom. The molecule has 1 aromatic rings. The molecule has 0 saturated heterocycles. The van der Waals surface area contributed by atoms with Gasteiger partial charge in [0.15, 0.2) is 0 Å². The molecule has 16 heavy (non-hydrogen) atoms. The molecule has 1 rings (SSSR count). The molecule has 1 unspecified atom stereocenters. The minimum absolute atomic E-state index is 0.00579. The van der Waals surface area contributed by atoms with Crippen molar-refractivity contribution < 1.29 is 9.90 Å². The number of rotatable bonds is 5. The topological polar surface area (TPSA) is 49.3 Å². The molecule has 1 aromatic carbocycles. The molecule has 2 N–H and O–H groups in total. The number of benzene rings is 1.